The van der Waals surface area contributed by atoms with Crippen molar-refractivity contribution in [2.24, 2.45) is 0 Å². The highest BCUT2D eigenvalue weighted by Crippen LogP contribution is 2.11. The highest BCUT2D eigenvalue weighted by atomic mass is 32.2. The van der Waals surface area contributed by atoms with Crippen molar-refractivity contribution < 1.29 is 22.7 Å². The normalized spacial score (nSPS) is 13.8. The molecule has 0 fully saturated rings. The van der Waals surface area contributed by atoms with Gasteiger partial charge in [0.25, 0.3) is 0 Å². The van der Waals surface area contributed by atoms with Crippen molar-refractivity contribution >= 4 is 16.3 Å². The van der Waals surface area contributed by atoms with Crippen molar-refractivity contribution in [2.45, 2.75) is 45.8 Å². The highest BCUT2D eigenvalue weighted by molar-refractivity contribution is 7.87. The molecule has 0 spiro atoms. The molecular formula is C13H26N2O5S. The van der Waals surface area contributed by atoms with E-state index in [2.05, 4.69) is 6.58 Å². The Morgan fingerprint density at radius 3 is 2.43 bits per heavy atom. The second-order valence-electron chi connectivity index (χ2n) is 5.59. The Morgan fingerprint density at radius 2 is 2.00 bits per heavy atom. The Kier molecular flexibility index (Phi) is 7.91. The molecule has 21 heavy (non-hydrogen) atoms. The Morgan fingerprint density at radius 1 is 1.43 bits per heavy atom. The monoisotopic (exact) mass is 322 g/mol. The Balaban J connectivity index is 5.00. The van der Waals surface area contributed by atoms with Gasteiger partial charge in [-0.1, -0.05) is 6.08 Å². The van der Waals surface area contributed by atoms with Gasteiger partial charge in [-0.25, -0.2) is 9.52 Å². The van der Waals surface area contributed by atoms with E-state index in [1.807, 2.05) is 4.72 Å². The smallest absolute Gasteiger partial charge is 0.422 e. The standard InChI is InChI=1S/C13H26N2O5S/c1-7-8-11(2)15(9-10-19-6)21(17,18)14-12(16)20-13(3,4)5/h7,11H,1,8-10H2,2-6H3,(H,14,16)/t11-/m0/s1. The summed E-state index contributed by atoms with van der Waals surface area (Å²) in [6.45, 7) is 10.6. The molecule has 0 aliphatic rings. The van der Waals surface area contributed by atoms with Crippen LogP contribution in [-0.2, 0) is 19.7 Å². The molecule has 0 saturated heterocycles. The maximum Gasteiger partial charge on any atom is 0.422 e. The van der Waals surface area contributed by atoms with Crippen molar-refractivity contribution in [2.75, 3.05) is 20.3 Å². The lowest BCUT2D eigenvalue weighted by atomic mass is 10.2. The van der Waals surface area contributed by atoms with E-state index in [0.717, 1.165) is 4.31 Å². The topological polar surface area (TPSA) is 84.9 Å². The third kappa shape index (κ3) is 8.03. The summed E-state index contributed by atoms with van der Waals surface area (Å²) in [5.74, 6) is 0. The van der Waals surface area contributed by atoms with Gasteiger partial charge in [-0.05, 0) is 34.1 Å². The van der Waals surface area contributed by atoms with Crippen LogP contribution in [0.5, 0.6) is 0 Å². The zero-order chi connectivity index (χ0) is 16.7. The fourth-order valence-electron chi connectivity index (χ4n) is 1.58. The van der Waals surface area contributed by atoms with Crippen LogP contribution in [0.4, 0.5) is 4.79 Å². The molecule has 0 unspecified atom stereocenters. The predicted molar refractivity (Wildman–Crippen MR) is 81.1 cm³/mol. The highest BCUT2D eigenvalue weighted by Gasteiger charge is 2.30. The molecule has 0 aromatic carbocycles. The summed E-state index contributed by atoms with van der Waals surface area (Å²) >= 11 is 0. The van der Waals surface area contributed by atoms with Crippen molar-refractivity contribution in [3.05, 3.63) is 12.7 Å². The average Bonchev–Trinajstić information content (AvgIpc) is 2.25. The molecule has 8 heteroatoms. The van der Waals surface area contributed by atoms with Crippen molar-refractivity contribution in [1.82, 2.24) is 9.03 Å². The molecule has 0 aromatic heterocycles. The number of carbonyl (C=O) groups excluding carboxylic acids is 1. The fourth-order valence-corrected chi connectivity index (χ4v) is 2.82. The lowest BCUT2D eigenvalue weighted by molar-refractivity contribution is 0.0565. The predicted octanol–water partition coefficient (Wildman–Crippen LogP) is 1.67. The van der Waals surface area contributed by atoms with Crippen LogP contribution in [0.1, 0.15) is 34.1 Å². The molecule has 0 aliphatic carbocycles. The summed E-state index contributed by atoms with van der Waals surface area (Å²) in [6.07, 6.45) is 1.07. The van der Waals surface area contributed by atoms with Crippen molar-refractivity contribution in [1.29, 1.82) is 0 Å². The maximum absolute atomic E-state index is 12.3. The van der Waals surface area contributed by atoms with Crippen LogP contribution >= 0.6 is 0 Å². The van der Waals surface area contributed by atoms with Crippen molar-refractivity contribution in [3.63, 3.8) is 0 Å². The summed E-state index contributed by atoms with van der Waals surface area (Å²) in [7, 11) is -2.53. The molecule has 0 rings (SSSR count). The zero-order valence-electron chi connectivity index (χ0n) is 13.4. The van der Waals surface area contributed by atoms with Crippen LogP contribution in [0.3, 0.4) is 0 Å². The molecule has 1 amide bonds. The van der Waals surface area contributed by atoms with Gasteiger partial charge in [0.15, 0.2) is 0 Å². The minimum atomic E-state index is -4.01. The van der Waals surface area contributed by atoms with Gasteiger partial charge in [0.2, 0.25) is 0 Å². The van der Waals surface area contributed by atoms with Crippen molar-refractivity contribution in [3.8, 4) is 0 Å². The average molecular weight is 322 g/mol. The first-order valence-electron chi connectivity index (χ1n) is 6.66. The summed E-state index contributed by atoms with van der Waals surface area (Å²) < 4.78 is 37.5. The maximum atomic E-state index is 12.3. The number of nitrogens with one attached hydrogen (secondary N) is 1. The molecule has 1 atom stereocenters. The van der Waals surface area contributed by atoms with E-state index < -0.39 is 21.9 Å². The Bertz CT molecular complexity index is 442. The second-order valence-corrected chi connectivity index (χ2v) is 7.21. The van der Waals surface area contributed by atoms with Crippen LogP contribution < -0.4 is 4.72 Å². The first kappa shape index (κ1) is 19.9. The van der Waals surface area contributed by atoms with Gasteiger partial charge in [0.1, 0.15) is 5.60 Å². The molecule has 1 N–H and O–H groups in total. The lowest BCUT2D eigenvalue weighted by Crippen LogP contribution is -2.49. The number of nitrogens with zero attached hydrogens (tertiary/aromatic N) is 1. The van der Waals surface area contributed by atoms with E-state index in [9.17, 15) is 13.2 Å². The molecule has 0 bridgehead atoms. The molecule has 124 valence electrons. The SMILES string of the molecule is C=CC[C@H](C)N(CCOC)S(=O)(=O)NC(=O)OC(C)(C)C. The van der Waals surface area contributed by atoms with Crippen LogP contribution in [0.2, 0.25) is 0 Å². The van der Waals surface area contributed by atoms with Gasteiger partial charge in [0.05, 0.1) is 6.61 Å². The number of amides is 1. The van der Waals surface area contributed by atoms with E-state index in [1.165, 1.54) is 7.11 Å². The van der Waals surface area contributed by atoms with Gasteiger partial charge in [-0.3, -0.25) is 0 Å². The number of hydrogen-bond donors (Lipinski definition) is 1. The van der Waals surface area contributed by atoms with Crippen LogP contribution in [0, 0.1) is 0 Å². The molecule has 0 radical (unpaired) electrons. The van der Waals surface area contributed by atoms with E-state index in [-0.39, 0.29) is 19.2 Å². The third-order valence-electron chi connectivity index (χ3n) is 2.44. The van der Waals surface area contributed by atoms with E-state index in [4.69, 9.17) is 9.47 Å². The minimum absolute atomic E-state index is 0.129. The van der Waals surface area contributed by atoms with E-state index in [1.54, 1.807) is 33.8 Å². The van der Waals surface area contributed by atoms with Gasteiger partial charge < -0.3 is 9.47 Å². The first-order chi connectivity index (χ1) is 9.53. The molecule has 7 nitrogen and oxygen atoms in total. The minimum Gasteiger partial charge on any atom is -0.443 e. The third-order valence-corrected chi connectivity index (χ3v) is 4.02. The van der Waals surface area contributed by atoms with Crippen LogP contribution in [0.25, 0.3) is 0 Å². The Labute approximate surface area is 127 Å². The number of ether oxygens (including phenoxy) is 2. The van der Waals surface area contributed by atoms with Gasteiger partial charge in [-0.2, -0.15) is 12.7 Å². The van der Waals surface area contributed by atoms with Crippen LogP contribution in [0.15, 0.2) is 12.7 Å². The molecule has 0 aliphatic heterocycles. The number of hydrogen-bond acceptors (Lipinski definition) is 5. The van der Waals surface area contributed by atoms with Gasteiger partial charge in [0, 0.05) is 19.7 Å². The summed E-state index contributed by atoms with van der Waals surface area (Å²) in [4.78, 5) is 11.6. The quantitative estimate of drug-likeness (QED) is 0.687. The molecule has 0 heterocycles. The van der Waals surface area contributed by atoms with Gasteiger partial charge >= 0.3 is 16.3 Å². The lowest BCUT2D eigenvalue weighted by Gasteiger charge is -2.28. The molecular weight excluding hydrogens is 296 g/mol. The number of carbonyl (C=O) groups is 1. The number of methoxy groups -OCH3 is 1. The largest absolute Gasteiger partial charge is 0.443 e. The zero-order valence-corrected chi connectivity index (χ0v) is 14.2. The Hall–Kier alpha value is -1.12. The molecule has 0 saturated carbocycles. The van der Waals surface area contributed by atoms with Gasteiger partial charge in [-0.15, -0.1) is 6.58 Å². The van der Waals surface area contributed by atoms with Crippen LogP contribution in [-0.4, -0.2) is 50.7 Å². The summed E-state index contributed by atoms with van der Waals surface area (Å²) in [5, 5.41) is 0. The first-order valence-corrected chi connectivity index (χ1v) is 8.10. The number of rotatable bonds is 8. The molecule has 0 aromatic rings. The van der Waals surface area contributed by atoms with E-state index >= 15 is 0 Å². The van der Waals surface area contributed by atoms with E-state index in [0.29, 0.717) is 6.42 Å². The summed E-state index contributed by atoms with van der Waals surface area (Å²) in [6, 6.07) is -0.349. The second kappa shape index (κ2) is 8.35. The summed E-state index contributed by atoms with van der Waals surface area (Å²) in [5.41, 5.74) is -0.774. The fraction of sp³-hybridized carbons (Fsp3) is 0.769.